The Kier molecular flexibility index (Phi) is 10.9. The van der Waals surface area contributed by atoms with Crippen LogP contribution in [0.25, 0.3) is 0 Å². The van der Waals surface area contributed by atoms with Crippen LogP contribution in [0.4, 0.5) is 18.9 Å². The number of benzene rings is 2. The molecular formula is C28H27ClF3N3O5. The van der Waals surface area contributed by atoms with Gasteiger partial charge in [-0.3, -0.25) is 19.4 Å². The number of esters is 1. The quantitative estimate of drug-likeness (QED) is 0.196. The number of pyridine rings is 1. The van der Waals surface area contributed by atoms with Gasteiger partial charge in [0, 0.05) is 37.3 Å². The van der Waals surface area contributed by atoms with Gasteiger partial charge in [-0.15, -0.1) is 0 Å². The van der Waals surface area contributed by atoms with Gasteiger partial charge < -0.3 is 20.1 Å². The highest BCUT2D eigenvalue weighted by molar-refractivity contribution is 6.31. The molecule has 2 aromatic carbocycles. The molecule has 0 aliphatic carbocycles. The predicted molar refractivity (Wildman–Crippen MR) is 142 cm³/mol. The molecule has 0 radical (unpaired) electrons. The number of aryl methyl sites for hydroxylation is 1. The first-order valence-corrected chi connectivity index (χ1v) is 12.8. The van der Waals surface area contributed by atoms with Gasteiger partial charge in [-0.2, -0.15) is 13.2 Å². The van der Waals surface area contributed by atoms with Crippen LogP contribution in [0.5, 0.6) is 11.5 Å². The van der Waals surface area contributed by atoms with Crippen molar-refractivity contribution in [1.82, 2.24) is 10.3 Å². The molecule has 0 aliphatic rings. The molecule has 0 aliphatic heterocycles. The van der Waals surface area contributed by atoms with Crippen molar-refractivity contribution < 1.29 is 37.0 Å². The topological polar surface area (TPSA) is 107 Å². The first-order valence-electron chi connectivity index (χ1n) is 12.4. The van der Waals surface area contributed by atoms with Gasteiger partial charge in [0.1, 0.15) is 17.2 Å². The Bertz CT molecular complexity index is 1350. The summed E-state index contributed by atoms with van der Waals surface area (Å²) in [6.45, 7) is 2.31. The second-order valence-electron chi connectivity index (χ2n) is 8.53. The van der Waals surface area contributed by atoms with E-state index in [0.717, 1.165) is 17.7 Å². The zero-order valence-corrected chi connectivity index (χ0v) is 22.3. The number of anilines is 1. The minimum absolute atomic E-state index is 0.00432. The molecule has 0 fully saturated rings. The highest BCUT2D eigenvalue weighted by Crippen LogP contribution is 2.36. The van der Waals surface area contributed by atoms with E-state index in [1.807, 2.05) is 0 Å². The van der Waals surface area contributed by atoms with E-state index in [1.165, 1.54) is 18.3 Å². The largest absolute Gasteiger partial charge is 0.466 e. The molecule has 212 valence electrons. The minimum Gasteiger partial charge on any atom is -0.466 e. The average Bonchev–Trinajstić information content (AvgIpc) is 2.91. The Balaban J connectivity index is 1.53. The average molecular weight is 578 g/mol. The normalized spacial score (nSPS) is 11.0. The summed E-state index contributed by atoms with van der Waals surface area (Å²) in [6.07, 6.45) is -2.26. The van der Waals surface area contributed by atoms with E-state index < -0.39 is 28.6 Å². The minimum atomic E-state index is -4.64. The molecule has 0 saturated carbocycles. The van der Waals surface area contributed by atoms with Gasteiger partial charge in [-0.1, -0.05) is 23.7 Å². The standard InChI is InChI=1S/C28H27ClF3N3O5/c1-2-39-26(37)7-4-13-34-27(38)24-17-21(12-14-33-24)40-20-6-3-5-18(15-20)8-11-25(36)35-19-9-10-23(29)22(16-19)28(30,31)32/h3,5-6,9-10,12,14-17H,2,4,7-8,11,13H2,1H3,(H,34,38)(H,35,36). The molecule has 8 nitrogen and oxygen atoms in total. The lowest BCUT2D eigenvalue weighted by Gasteiger charge is -2.12. The Morgan fingerprint density at radius 2 is 1.77 bits per heavy atom. The number of alkyl halides is 3. The van der Waals surface area contributed by atoms with Crippen LogP contribution in [-0.4, -0.2) is 35.9 Å². The molecule has 12 heteroatoms. The lowest BCUT2D eigenvalue weighted by Crippen LogP contribution is -2.25. The van der Waals surface area contributed by atoms with Crippen LogP contribution in [0.1, 0.15) is 47.8 Å². The number of ether oxygens (including phenoxy) is 2. The van der Waals surface area contributed by atoms with Crippen LogP contribution < -0.4 is 15.4 Å². The Morgan fingerprint density at radius 1 is 1.00 bits per heavy atom. The predicted octanol–water partition coefficient (Wildman–Crippen LogP) is 6.19. The van der Waals surface area contributed by atoms with Gasteiger partial charge in [0.15, 0.2) is 0 Å². The molecule has 0 atom stereocenters. The number of hydrogen-bond acceptors (Lipinski definition) is 6. The number of carbonyl (C=O) groups is 3. The summed E-state index contributed by atoms with van der Waals surface area (Å²) in [6, 6.07) is 13.2. The highest BCUT2D eigenvalue weighted by atomic mass is 35.5. The monoisotopic (exact) mass is 577 g/mol. The number of halogens is 4. The molecule has 0 bridgehead atoms. The lowest BCUT2D eigenvalue weighted by atomic mass is 10.1. The molecule has 2 amide bonds. The van der Waals surface area contributed by atoms with Gasteiger partial charge in [-0.25, -0.2) is 0 Å². The highest BCUT2D eigenvalue weighted by Gasteiger charge is 2.33. The van der Waals surface area contributed by atoms with E-state index in [9.17, 15) is 27.6 Å². The summed E-state index contributed by atoms with van der Waals surface area (Å²) in [4.78, 5) is 40.2. The van der Waals surface area contributed by atoms with Crippen molar-refractivity contribution in [3.63, 3.8) is 0 Å². The van der Waals surface area contributed by atoms with Crippen LogP contribution in [0.3, 0.4) is 0 Å². The third kappa shape index (κ3) is 9.57. The molecule has 0 unspecified atom stereocenters. The molecule has 1 aromatic heterocycles. The Labute approximate surface area is 233 Å². The SMILES string of the molecule is CCOC(=O)CCCNC(=O)c1cc(Oc2cccc(CCC(=O)Nc3ccc(Cl)c(C(F)(F)F)c3)c2)ccn1. The summed E-state index contributed by atoms with van der Waals surface area (Å²) in [5.74, 6) is -0.387. The first-order chi connectivity index (χ1) is 19.0. The van der Waals surface area contributed by atoms with Gasteiger partial charge in [-0.05, 0) is 61.7 Å². The molecule has 3 aromatic rings. The van der Waals surface area contributed by atoms with Crippen molar-refractivity contribution in [3.05, 3.63) is 82.6 Å². The molecular weight excluding hydrogens is 551 g/mol. The molecule has 2 N–H and O–H groups in total. The summed E-state index contributed by atoms with van der Waals surface area (Å²) in [5.41, 5.74) is -0.136. The van der Waals surface area contributed by atoms with E-state index in [-0.39, 0.29) is 36.7 Å². The maximum Gasteiger partial charge on any atom is 0.417 e. The van der Waals surface area contributed by atoms with Crippen LogP contribution in [0, 0.1) is 0 Å². The molecule has 0 spiro atoms. The molecule has 40 heavy (non-hydrogen) atoms. The van der Waals surface area contributed by atoms with Crippen molar-refractivity contribution in [1.29, 1.82) is 0 Å². The fourth-order valence-electron chi connectivity index (χ4n) is 3.56. The van der Waals surface area contributed by atoms with Crippen molar-refractivity contribution in [2.24, 2.45) is 0 Å². The third-order valence-electron chi connectivity index (χ3n) is 5.44. The number of nitrogens with one attached hydrogen (secondary N) is 2. The van der Waals surface area contributed by atoms with Crippen molar-refractivity contribution in [3.8, 4) is 11.5 Å². The number of carbonyl (C=O) groups excluding carboxylic acids is 3. The summed E-state index contributed by atoms with van der Waals surface area (Å²) in [5, 5.41) is 4.70. The Morgan fingerprint density at radius 3 is 2.52 bits per heavy atom. The van der Waals surface area contributed by atoms with E-state index in [1.54, 1.807) is 37.3 Å². The zero-order valence-electron chi connectivity index (χ0n) is 21.5. The maximum absolute atomic E-state index is 13.1. The summed E-state index contributed by atoms with van der Waals surface area (Å²) in [7, 11) is 0. The third-order valence-corrected chi connectivity index (χ3v) is 5.77. The van der Waals surface area contributed by atoms with Crippen molar-refractivity contribution in [2.45, 2.75) is 38.8 Å². The first kappa shape index (κ1) is 30.4. The second-order valence-corrected chi connectivity index (χ2v) is 8.94. The van der Waals surface area contributed by atoms with Crippen molar-refractivity contribution >= 4 is 35.1 Å². The van der Waals surface area contributed by atoms with Crippen molar-refractivity contribution in [2.75, 3.05) is 18.5 Å². The van der Waals surface area contributed by atoms with E-state index in [0.29, 0.717) is 30.9 Å². The van der Waals surface area contributed by atoms with Gasteiger partial charge in [0.2, 0.25) is 5.91 Å². The van der Waals surface area contributed by atoms with E-state index in [2.05, 4.69) is 15.6 Å². The number of nitrogens with zero attached hydrogens (tertiary/aromatic N) is 1. The smallest absolute Gasteiger partial charge is 0.417 e. The zero-order chi connectivity index (χ0) is 29.1. The van der Waals surface area contributed by atoms with E-state index >= 15 is 0 Å². The fraction of sp³-hybridized carbons (Fsp3) is 0.286. The van der Waals surface area contributed by atoms with Gasteiger partial charge in [0.25, 0.3) is 5.91 Å². The van der Waals surface area contributed by atoms with Crippen LogP contribution in [0.15, 0.2) is 60.8 Å². The summed E-state index contributed by atoms with van der Waals surface area (Å²) < 4.78 is 49.9. The number of hydrogen-bond donors (Lipinski definition) is 2. The van der Waals surface area contributed by atoms with Crippen LogP contribution in [-0.2, 0) is 26.9 Å². The molecule has 0 saturated heterocycles. The number of rotatable bonds is 12. The summed E-state index contributed by atoms with van der Waals surface area (Å²) >= 11 is 5.62. The fourth-order valence-corrected chi connectivity index (χ4v) is 3.78. The second kappa shape index (κ2) is 14.3. The van der Waals surface area contributed by atoms with E-state index in [4.69, 9.17) is 21.1 Å². The molecule has 3 rings (SSSR count). The Hall–Kier alpha value is -4.12. The van der Waals surface area contributed by atoms with Crippen LogP contribution in [0.2, 0.25) is 5.02 Å². The number of amides is 2. The molecule has 1 heterocycles. The van der Waals surface area contributed by atoms with Gasteiger partial charge in [0.05, 0.1) is 17.2 Å². The van der Waals surface area contributed by atoms with Crippen LogP contribution >= 0.6 is 11.6 Å². The van der Waals surface area contributed by atoms with Gasteiger partial charge >= 0.3 is 12.1 Å². The number of aromatic nitrogens is 1. The maximum atomic E-state index is 13.1. The lowest BCUT2D eigenvalue weighted by molar-refractivity contribution is -0.143.